The lowest BCUT2D eigenvalue weighted by molar-refractivity contribution is 0.941. The Bertz CT molecular complexity index is 496. The number of hydrogen-bond acceptors (Lipinski definition) is 2. The molecular weight excluding hydrogens is 285 g/mol. The molecule has 0 radical (unpaired) electrons. The van der Waals surface area contributed by atoms with Crippen molar-refractivity contribution in [1.82, 2.24) is 0 Å². The highest BCUT2D eigenvalue weighted by Crippen LogP contribution is 2.35. The normalized spacial score (nSPS) is 12.4. The van der Waals surface area contributed by atoms with Crippen LogP contribution in [0.2, 0.25) is 10.0 Å². The standard InChI is InChI=1S/C14H13Cl2NS/c15-11-3-1-10(2-4-11)14(9-17)18-13-7-5-12(16)6-8-13/h1-8,14H,9,17H2. The van der Waals surface area contributed by atoms with Crippen molar-refractivity contribution in [3.63, 3.8) is 0 Å². The van der Waals surface area contributed by atoms with Gasteiger partial charge in [-0.15, -0.1) is 11.8 Å². The molecule has 0 heterocycles. The summed E-state index contributed by atoms with van der Waals surface area (Å²) >= 11 is 13.5. The van der Waals surface area contributed by atoms with Gasteiger partial charge in [-0.3, -0.25) is 0 Å². The van der Waals surface area contributed by atoms with Gasteiger partial charge in [-0.25, -0.2) is 0 Å². The van der Waals surface area contributed by atoms with Crippen molar-refractivity contribution >= 4 is 35.0 Å². The molecule has 0 fully saturated rings. The summed E-state index contributed by atoms with van der Waals surface area (Å²) in [5.41, 5.74) is 7.02. The van der Waals surface area contributed by atoms with Crippen molar-refractivity contribution < 1.29 is 0 Å². The summed E-state index contributed by atoms with van der Waals surface area (Å²) in [4.78, 5) is 1.16. The van der Waals surface area contributed by atoms with E-state index in [2.05, 4.69) is 0 Å². The summed E-state index contributed by atoms with van der Waals surface area (Å²) in [6.07, 6.45) is 0. The van der Waals surface area contributed by atoms with Crippen LogP contribution in [-0.2, 0) is 0 Å². The van der Waals surface area contributed by atoms with E-state index in [0.29, 0.717) is 6.54 Å². The van der Waals surface area contributed by atoms with Gasteiger partial charge in [0.05, 0.1) is 0 Å². The zero-order chi connectivity index (χ0) is 13.0. The molecule has 1 atom stereocenters. The molecule has 0 aromatic heterocycles. The maximum atomic E-state index is 5.88. The first-order valence-corrected chi connectivity index (χ1v) is 7.20. The largest absolute Gasteiger partial charge is 0.329 e. The highest BCUT2D eigenvalue weighted by molar-refractivity contribution is 7.99. The Balaban J connectivity index is 2.14. The van der Waals surface area contributed by atoms with E-state index >= 15 is 0 Å². The Kier molecular flexibility index (Phi) is 4.95. The lowest BCUT2D eigenvalue weighted by Crippen LogP contribution is -2.09. The van der Waals surface area contributed by atoms with Crippen LogP contribution in [0.1, 0.15) is 10.8 Å². The Labute approximate surface area is 121 Å². The van der Waals surface area contributed by atoms with Crippen LogP contribution in [0.15, 0.2) is 53.4 Å². The van der Waals surface area contributed by atoms with E-state index in [1.165, 1.54) is 5.56 Å². The second-order valence-electron chi connectivity index (χ2n) is 3.85. The van der Waals surface area contributed by atoms with E-state index in [1.54, 1.807) is 11.8 Å². The average molecular weight is 298 g/mol. The highest BCUT2D eigenvalue weighted by Gasteiger charge is 2.11. The van der Waals surface area contributed by atoms with Gasteiger partial charge in [0.25, 0.3) is 0 Å². The molecule has 2 aromatic rings. The second-order valence-corrected chi connectivity index (χ2v) is 6.00. The van der Waals surface area contributed by atoms with E-state index in [-0.39, 0.29) is 5.25 Å². The second kappa shape index (κ2) is 6.48. The molecular formula is C14H13Cl2NS. The zero-order valence-corrected chi connectivity index (χ0v) is 12.0. The van der Waals surface area contributed by atoms with Gasteiger partial charge in [0, 0.05) is 26.7 Å². The first-order valence-electron chi connectivity index (χ1n) is 5.57. The molecule has 18 heavy (non-hydrogen) atoms. The van der Waals surface area contributed by atoms with E-state index in [1.807, 2.05) is 48.5 Å². The molecule has 0 aliphatic rings. The lowest BCUT2D eigenvalue weighted by atomic mass is 10.1. The molecule has 2 N–H and O–H groups in total. The summed E-state index contributed by atoms with van der Waals surface area (Å²) in [5, 5.41) is 1.71. The third-order valence-corrected chi connectivity index (χ3v) is 4.35. The van der Waals surface area contributed by atoms with Crippen LogP contribution in [0.5, 0.6) is 0 Å². The number of rotatable bonds is 4. The maximum absolute atomic E-state index is 5.88. The third kappa shape index (κ3) is 3.66. The minimum absolute atomic E-state index is 0.225. The van der Waals surface area contributed by atoms with E-state index < -0.39 is 0 Å². The quantitative estimate of drug-likeness (QED) is 0.822. The summed E-state index contributed by atoms with van der Waals surface area (Å²) in [6.45, 7) is 0.578. The molecule has 94 valence electrons. The highest BCUT2D eigenvalue weighted by atomic mass is 35.5. The average Bonchev–Trinajstić information content (AvgIpc) is 2.39. The van der Waals surface area contributed by atoms with E-state index in [0.717, 1.165) is 14.9 Å². The fraction of sp³-hybridized carbons (Fsp3) is 0.143. The molecule has 0 aliphatic carbocycles. The van der Waals surface area contributed by atoms with Crippen molar-refractivity contribution in [3.8, 4) is 0 Å². The topological polar surface area (TPSA) is 26.0 Å². The van der Waals surface area contributed by atoms with Gasteiger partial charge in [0.15, 0.2) is 0 Å². The number of nitrogens with two attached hydrogens (primary N) is 1. The summed E-state index contributed by atoms with van der Waals surface area (Å²) in [7, 11) is 0. The van der Waals surface area contributed by atoms with E-state index in [9.17, 15) is 0 Å². The van der Waals surface area contributed by atoms with Crippen LogP contribution in [0.4, 0.5) is 0 Å². The zero-order valence-electron chi connectivity index (χ0n) is 9.64. The number of halogens is 2. The maximum Gasteiger partial charge on any atom is 0.0466 e. The molecule has 0 bridgehead atoms. The Morgan fingerprint density at radius 1 is 0.889 bits per heavy atom. The van der Waals surface area contributed by atoms with Crippen molar-refractivity contribution in [3.05, 3.63) is 64.1 Å². The van der Waals surface area contributed by atoms with Gasteiger partial charge in [-0.2, -0.15) is 0 Å². The SMILES string of the molecule is NCC(Sc1ccc(Cl)cc1)c1ccc(Cl)cc1. The van der Waals surface area contributed by atoms with Gasteiger partial charge in [0.2, 0.25) is 0 Å². The summed E-state index contributed by atoms with van der Waals surface area (Å²) in [6, 6.07) is 15.6. The fourth-order valence-electron chi connectivity index (χ4n) is 1.61. The van der Waals surface area contributed by atoms with Crippen molar-refractivity contribution in [2.45, 2.75) is 10.1 Å². The Morgan fingerprint density at radius 3 is 1.89 bits per heavy atom. The number of hydrogen-bond donors (Lipinski definition) is 1. The minimum Gasteiger partial charge on any atom is -0.329 e. The molecule has 0 amide bonds. The Hall–Kier alpha value is -0.670. The van der Waals surface area contributed by atoms with Gasteiger partial charge in [-0.05, 0) is 42.0 Å². The van der Waals surface area contributed by atoms with Gasteiger partial charge in [0.1, 0.15) is 0 Å². The van der Waals surface area contributed by atoms with Crippen LogP contribution >= 0.6 is 35.0 Å². The molecule has 0 saturated heterocycles. The van der Waals surface area contributed by atoms with Crippen LogP contribution in [-0.4, -0.2) is 6.54 Å². The number of thioether (sulfide) groups is 1. The summed E-state index contributed by atoms with van der Waals surface area (Å²) < 4.78 is 0. The lowest BCUT2D eigenvalue weighted by Gasteiger charge is -2.15. The molecule has 1 unspecified atom stereocenters. The molecule has 0 spiro atoms. The molecule has 2 aromatic carbocycles. The monoisotopic (exact) mass is 297 g/mol. The van der Waals surface area contributed by atoms with E-state index in [4.69, 9.17) is 28.9 Å². The van der Waals surface area contributed by atoms with Crippen molar-refractivity contribution in [2.24, 2.45) is 5.73 Å². The van der Waals surface area contributed by atoms with Crippen molar-refractivity contribution in [1.29, 1.82) is 0 Å². The minimum atomic E-state index is 0.225. The third-order valence-electron chi connectivity index (χ3n) is 2.55. The van der Waals surface area contributed by atoms with Crippen LogP contribution in [0.25, 0.3) is 0 Å². The molecule has 0 saturated carbocycles. The van der Waals surface area contributed by atoms with Crippen LogP contribution in [0.3, 0.4) is 0 Å². The number of benzene rings is 2. The molecule has 0 aliphatic heterocycles. The fourth-order valence-corrected chi connectivity index (χ4v) is 2.87. The van der Waals surface area contributed by atoms with Gasteiger partial charge < -0.3 is 5.73 Å². The first kappa shape index (κ1) is 13.8. The predicted octanol–water partition coefficient (Wildman–Crippen LogP) is 4.79. The molecule has 4 heteroatoms. The van der Waals surface area contributed by atoms with Crippen LogP contribution in [0, 0.1) is 0 Å². The van der Waals surface area contributed by atoms with Gasteiger partial charge >= 0.3 is 0 Å². The van der Waals surface area contributed by atoms with Gasteiger partial charge in [-0.1, -0.05) is 35.3 Å². The first-order chi connectivity index (χ1) is 8.69. The smallest absolute Gasteiger partial charge is 0.0466 e. The van der Waals surface area contributed by atoms with Crippen molar-refractivity contribution in [2.75, 3.05) is 6.54 Å². The summed E-state index contributed by atoms with van der Waals surface area (Å²) in [5.74, 6) is 0. The molecule has 1 nitrogen and oxygen atoms in total. The molecule has 2 rings (SSSR count). The Morgan fingerprint density at radius 2 is 1.39 bits per heavy atom. The van der Waals surface area contributed by atoms with Crippen LogP contribution < -0.4 is 5.73 Å². The predicted molar refractivity (Wildman–Crippen MR) is 80.6 cm³/mol.